The maximum absolute atomic E-state index is 12.8. The molecule has 1 saturated carbocycles. The smallest absolute Gasteiger partial charge is 0.249 e. The second kappa shape index (κ2) is 9.88. The minimum Gasteiger partial charge on any atom is -0.492 e. The Morgan fingerprint density at radius 2 is 1.81 bits per heavy atom. The van der Waals surface area contributed by atoms with Gasteiger partial charge in [0.05, 0.1) is 18.8 Å². The fraction of sp³-hybridized carbons (Fsp3) is 0.720. The van der Waals surface area contributed by atoms with E-state index in [9.17, 15) is 4.79 Å². The van der Waals surface area contributed by atoms with Crippen LogP contribution < -0.4 is 10.1 Å². The van der Waals surface area contributed by atoms with E-state index >= 15 is 0 Å². The van der Waals surface area contributed by atoms with Crippen LogP contribution >= 0.6 is 0 Å². The molecule has 5 aliphatic rings. The van der Waals surface area contributed by atoms with Crippen LogP contribution in [0.15, 0.2) is 24.3 Å². The van der Waals surface area contributed by atoms with Crippen LogP contribution in [-0.2, 0) is 14.3 Å². The largest absolute Gasteiger partial charge is 0.492 e. The van der Waals surface area contributed by atoms with Gasteiger partial charge in [0.15, 0.2) is 0 Å². The van der Waals surface area contributed by atoms with Crippen LogP contribution in [0.25, 0.3) is 0 Å². The number of hydrogen-bond acceptors (Lipinski definition) is 5. The molecule has 4 aliphatic heterocycles. The number of amides is 1. The van der Waals surface area contributed by atoms with Crippen molar-refractivity contribution in [1.82, 2.24) is 10.2 Å². The second-order valence-electron chi connectivity index (χ2n) is 9.56. The zero-order valence-electron chi connectivity index (χ0n) is 18.5. The highest BCUT2D eigenvalue weighted by Crippen LogP contribution is 2.38. The summed E-state index contributed by atoms with van der Waals surface area (Å²) in [5, 5.41) is 3.32. The predicted octanol–water partition coefficient (Wildman–Crippen LogP) is 3.25. The molecule has 1 amide bonds. The number of rotatable bonds is 2. The van der Waals surface area contributed by atoms with E-state index in [4.69, 9.17) is 14.2 Å². The van der Waals surface area contributed by atoms with Gasteiger partial charge in [0, 0.05) is 19.2 Å². The Balaban J connectivity index is 1.31. The van der Waals surface area contributed by atoms with E-state index in [2.05, 4.69) is 34.5 Å². The molecule has 3 atom stereocenters. The first-order chi connectivity index (χ1) is 15.3. The summed E-state index contributed by atoms with van der Waals surface area (Å²) in [6.07, 6.45) is 8.43. The van der Waals surface area contributed by atoms with Gasteiger partial charge in [-0.05, 0) is 75.5 Å². The molecule has 0 spiro atoms. The molecular formula is C25H36N2O4. The Bertz CT molecular complexity index is 743. The summed E-state index contributed by atoms with van der Waals surface area (Å²) in [7, 11) is 0. The molecule has 2 unspecified atom stereocenters. The van der Waals surface area contributed by atoms with Gasteiger partial charge in [-0.1, -0.05) is 18.2 Å². The quantitative estimate of drug-likeness (QED) is 0.784. The molecule has 1 aliphatic carbocycles. The number of benzene rings is 1. The van der Waals surface area contributed by atoms with Crippen molar-refractivity contribution in [3.05, 3.63) is 29.8 Å². The number of carbonyl (C=O) groups is 1. The van der Waals surface area contributed by atoms with Crippen molar-refractivity contribution < 1.29 is 19.0 Å². The Hall–Kier alpha value is -1.63. The number of piperidine rings is 1. The molecule has 6 heteroatoms. The Morgan fingerprint density at radius 1 is 0.935 bits per heavy atom. The summed E-state index contributed by atoms with van der Waals surface area (Å²) in [5.41, 5.74) is 1.36. The van der Waals surface area contributed by atoms with Crippen LogP contribution in [0.4, 0.5) is 0 Å². The van der Waals surface area contributed by atoms with Gasteiger partial charge in [-0.25, -0.2) is 0 Å². The predicted molar refractivity (Wildman–Crippen MR) is 118 cm³/mol. The topological polar surface area (TPSA) is 60.0 Å². The molecule has 4 heterocycles. The number of para-hydroxylation sites is 1. The molecule has 6 rings (SSSR count). The molecule has 0 radical (unpaired) electrons. The van der Waals surface area contributed by atoms with Gasteiger partial charge >= 0.3 is 0 Å². The Kier molecular flexibility index (Phi) is 6.77. The van der Waals surface area contributed by atoms with E-state index in [1.165, 1.54) is 5.56 Å². The molecular weight excluding hydrogens is 392 g/mol. The van der Waals surface area contributed by atoms with Gasteiger partial charge < -0.3 is 19.5 Å². The van der Waals surface area contributed by atoms with Crippen LogP contribution in [-0.4, -0.2) is 68.0 Å². The van der Waals surface area contributed by atoms with Crippen molar-refractivity contribution in [3.8, 4) is 5.75 Å². The Morgan fingerprint density at radius 3 is 2.65 bits per heavy atom. The fourth-order valence-corrected chi connectivity index (χ4v) is 5.85. The van der Waals surface area contributed by atoms with E-state index in [1.807, 2.05) is 0 Å². The van der Waals surface area contributed by atoms with E-state index < -0.39 is 0 Å². The van der Waals surface area contributed by atoms with Crippen LogP contribution in [0.2, 0.25) is 0 Å². The number of fused-ring (bicyclic) bond motifs is 5. The van der Waals surface area contributed by atoms with Gasteiger partial charge in [0.2, 0.25) is 5.91 Å². The van der Waals surface area contributed by atoms with Crippen LogP contribution in [0.5, 0.6) is 5.75 Å². The molecule has 0 aromatic heterocycles. The van der Waals surface area contributed by atoms with E-state index in [1.54, 1.807) is 0 Å². The van der Waals surface area contributed by atoms with Crippen molar-refractivity contribution in [2.24, 2.45) is 0 Å². The first-order valence-electron chi connectivity index (χ1n) is 12.3. The van der Waals surface area contributed by atoms with Crippen LogP contribution in [0.1, 0.15) is 62.8 Å². The summed E-state index contributed by atoms with van der Waals surface area (Å²) in [6.45, 7) is 3.92. The van der Waals surface area contributed by atoms with Crippen molar-refractivity contribution in [2.75, 3.05) is 32.9 Å². The first kappa shape index (κ1) is 21.2. The van der Waals surface area contributed by atoms with Gasteiger partial charge in [-0.3, -0.25) is 9.69 Å². The molecule has 1 aromatic carbocycles. The highest BCUT2D eigenvalue weighted by Gasteiger charge is 2.36. The average molecular weight is 429 g/mol. The van der Waals surface area contributed by atoms with Gasteiger partial charge in [-0.15, -0.1) is 0 Å². The summed E-state index contributed by atoms with van der Waals surface area (Å²) in [6, 6.07) is 8.86. The lowest BCUT2D eigenvalue weighted by molar-refractivity contribution is -0.132. The number of nitrogens with zero attached hydrogens (tertiary/aromatic N) is 1. The third kappa shape index (κ3) is 4.91. The third-order valence-electron chi connectivity index (χ3n) is 7.62. The first-order valence-corrected chi connectivity index (χ1v) is 12.3. The average Bonchev–Trinajstić information content (AvgIpc) is 3.35. The van der Waals surface area contributed by atoms with Crippen molar-refractivity contribution in [1.29, 1.82) is 0 Å². The fourth-order valence-electron chi connectivity index (χ4n) is 5.85. The lowest BCUT2D eigenvalue weighted by Crippen LogP contribution is -2.59. The number of carbonyl (C=O) groups excluding carboxylic acids is 1. The lowest BCUT2D eigenvalue weighted by atomic mass is 9.82. The van der Waals surface area contributed by atoms with Crippen LogP contribution in [0.3, 0.4) is 0 Å². The zero-order valence-corrected chi connectivity index (χ0v) is 18.5. The van der Waals surface area contributed by atoms with E-state index in [0.29, 0.717) is 31.8 Å². The van der Waals surface area contributed by atoms with Crippen molar-refractivity contribution in [2.45, 2.75) is 81.6 Å². The lowest BCUT2D eigenvalue weighted by Gasteiger charge is -2.42. The number of hydrogen-bond donors (Lipinski definition) is 1. The number of ether oxygens (including phenoxy) is 3. The highest BCUT2D eigenvalue weighted by atomic mass is 16.5. The normalized spacial score (nSPS) is 34.4. The molecule has 1 aromatic rings. The summed E-state index contributed by atoms with van der Waals surface area (Å²) < 4.78 is 18.4. The van der Waals surface area contributed by atoms with Gasteiger partial charge in [-0.2, -0.15) is 0 Å². The molecule has 6 nitrogen and oxygen atoms in total. The van der Waals surface area contributed by atoms with Gasteiger partial charge in [0.1, 0.15) is 18.5 Å². The van der Waals surface area contributed by atoms with Gasteiger partial charge in [0.25, 0.3) is 0 Å². The molecule has 1 N–H and O–H groups in total. The SMILES string of the molecule is O=C(N[C@H]1CCCN2CCOc3ccccc3C3CCC(CC3)OCC12)C1CCCO1. The zero-order chi connectivity index (χ0) is 21.0. The Labute approximate surface area is 185 Å². The standard InChI is InChI=1S/C25H36N2O4/c28-25(24-8-4-15-29-24)26-21-6-3-13-27-14-16-30-23-7-2-1-5-20(23)18-9-11-19(12-10-18)31-17-22(21)27/h1-2,5,7,18-19,21-22,24H,3-4,6,8-17H2,(H,26,28)/t18?,19?,21-,22?,24?/m0/s1. The summed E-state index contributed by atoms with van der Waals surface area (Å²) in [5.74, 6) is 1.67. The second-order valence-corrected chi connectivity index (χ2v) is 9.56. The highest BCUT2D eigenvalue weighted by molar-refractivity contribution is 5.81. The molecule has 31 heavy (non-hydrogen) atoms. The number of nitrogens with one attached hydrogen (secondary N) is 1. The molecule has 2 saturated heterocycles. The van der Waals surface area contributed by atoms with E-state index in [0.717, 1.165) is 70.2 Å². The van der Waals surface area contributed by atoms with Crippen molar-refractivity contribution in [3.63, 3.8) is 0 Å². The maximum Gasteiger partial charge on any atom is 0.249 e. The minimum atomic E-state index is -0.277. The summed E-state index contributed by atoms with van der Waals surface area (Å²) >= 11 is 0. The minimum absolute atomic E-state index is 0.0537. The molecule has 170 valence electrons. The molecule has 3 fully saturated rings. The van der Waals surface area contributed by atoms with Crippen molar-refractivity contribution >= 4 is 5.91 Å². The molecule has 2 bridgehead atoms. The monoisotopic (exact) mass is 428 g/mol. The maximum atomic E-state index is 12.8. The summed E-state index contributed by atoms with van der Waals surface area (Å²) in [4.78, 5) is 15.2. The van der Waals surface area contributed by atoms with E-state index in [-0.39, 0.29) is 24.1 Å². The van der Waals surface area contributed by atoms with Crippen LogP contribution in [0, 0.1) is 0 Å². The third-order valence-corrected chi connectivity index (χ3v) is 7.62.